The van der Waals surface area contributed by atoms with E-state index >= 15 is 0 Å². The van der Waals surface area contributed by atoms with Crippen LogP contribution < -0.4 is 0 Å². The van der Waals surface area contributed by atoms with Crippen LogP contribution in [0.25, 0.3) is 0 Å². The lowest BCUT2D eigenvalue weighted by Crippen LogP contribution is -2.57. The Labute approximate surface area is 176 Å². The van der Waals surface area contributed by atoms with E-state index in [4.69, 9.17) is 4.74 Å². The molecule has 4 saturated carbocycles. The average molecular weight is 405 g/mol. The van der Waals surface area contributed by atoms with Gasteiger partial charge in [0.25, 0.3) is 0 Å². The molecule has 1 N–H and O–H groups in total. The minimum absolute atomic E-state index is 0.0769. The number of ether oxygens (including phenoxy) is 1. The molecule has 0 amide bonds. The summed E-state index contributed by atoms with van der Waals surface area (Å²) in [5, 5.41) is 10.2. The summed E-state index contributed by atoms with van der Waals surface area (Å²) in [6.07, 6.45) is 9.39. The quantitative estimate of drug-likeness (QED) is 0.685. The van der Waals surface area contributed by atoms with Crippen LogP contribution in [0.4, 0.5) is 0 Å². The molecule has 0 radical (unpaired) electrons. The first-order valence-electron chi connectivity index (χ1n) is 12.0. The van der Waals surface area contributed by atoms with Gasteiger partial charge in [0.1, 0.15) is 5.78 Å². The Morgan fingerprint density at radius 1 is 1.14 bits per heavy atom. The standard InChI is InChI=1S/C25H40O4/c1-15(5-8-23(28)29-4)18-6-7-19-17-14-22(27)21-13-16(26)9-11-25(21,3)20(17)10-12-24(18,19)2/h15-21,26H,5-14H2,1-4H3/t15-,16-,17?,18-,19?,20?,21-,24-,25-/m1/s1. The fourth-order valence-electron chi connectivity index (χ4n) is 8.64. The van der Waals surface area contributed by atoms with Crippen molar-refractivity contribution in [3.05, 3.63) is 0 Å². The van der Waals surface area contributed by atoms with Crippen molar-refractivity contribution in [3.8, 4) is 0 Å². The maximum absolute atomic E-state index is 13.2. The number of aliphatic hydroxyl groups is 1. The highest BCUT2D eigenvalue weighted by Crippen LogP contribution is 2.67. The Morgan fingerprint density at radius 3 is 2.55 bits per heavy atom. The Morgan fingerprint density at radius 2 is 1.83 bits per heavy atom. The Bertz CT molecular complexity index is 659. The molecule has 164 valence electrons. The molecule has 9 atom stereocenters. The van der Waals surface area contributed by atoms with Gasteiger partial charge in [-0.1, -0.05) is 20.8 Å². The van der Waals surface area contributed by atoms with Gasteiger partial charge in [0.15, 0.2) is 0 Å². The number of aliphatic hydroxyl groups excluding tert-OH is 1. The van der Waals surface area contributed by atoms with Gasteiger partial charge in [-0.15, -0.1) is 0 Å². The third-order valence-corrected chi connectivity index (χ3v) is 10.2. The van der Waals surface area contributed by atoms with Crippen molar-refractivity contribution in [2.45, 2.75) is 91.1 Å². The predicted octanol–water partition coefficient (Wildman–Crippen LogP) is 4.77. The van der Waals surface area contributed by atoms with Gasteiger partial charge >= 0.3 is 5.97 Å². The van der Waals surface area contributed by atoms with Gasteiger partial charge in [-0.05, 0) is 91.8 Å². The number of Topliss-reactive ketones (excluding diaryl/α,β-unsaturated/α-hetero) is 1. The first-order chi connectivity index (χ1) is 13.7. The number of hydrogen-bond acceptors (Lipinski definition) is 4. The van der Waals surface area contributed by atoms with Crippen LogP contribution in [0, 0.1) is 46.3 Å². The predicted molar refractivity (Wildman–Crippen MR) is 112 cm³/mol. The zero-order chi connectivity index (χ0) is 21.0. The van der Waals surface area contributed by atoms with Gasteiger partial charge in [0.2, 0.25) is 0 Å². The molecular formula is C25H40O4. The van der Waals surface area contributed by atoms with Crippen molar-refractivity contribution < 1.29 is 19.4 Å². The molecule has 0 aromatic carbocycles. The van der Waals surface area contributed by atoms with Gasteiger partial charge in [0, 0.05) is 18.8 Å². The van der Waals surface area contributed by atoms with E-state index < -0.39 is 0 Å². The lowest BCUT2D eigenvalue weighted by Gasteiger charge is -2.60. The second-order valence-corrected chi connectivity index (χ2v) is 11.4. The molecule has 0 heterocycles. The number of hydrogen-bond donors (Lipinski definition) is 1. The maximum Gasteiger partial charge on any atom is 0.305 e. The summed E-state index contributed by atoms with van der Waals surface area (Å²) in [7, 11) is 1.47. The SMILES string of the molecule is COC(=O)CC[C@@H](C)[C@H]1CCC2C3CC(=O)[C@H]4C[C@H](O)CC[C@]4(C)C3CC[C@@]21C. The van der Waals surface area contributed by atoms with Crippen LogP contribution in [-0.2, 0) is 14.3 Å². The number of carbonyl (C=O) groups is 2. The summed E-state index contributed by atoms with van der Waals surface area (Å²) in [4.78, 5) is 24.8. The van der Waals surface area contributed by atoms with Crippen LogP contribution in [-0.4, -0.2) is 30.1 Å². The molecule has 4 heteroatoms. The highest BCUT2D eigenvalue weighted by atomic mass is 16.5. The van der Waals surface area contributed by atoms with Crippen LogP contribution in [0.2, 0.25) is 0 Å². The lowest BCUT2D eigenvalue weighted by molar-refractivity contribution is -0.160. The number of ketones is 1. The molecule has 29 heavy (non-hydrogen) atoms. The second kappa shape index (κ2) is 7.66. The smallest absolute Gasteiger partial charge is 0.305 e. The molecule has 4 aliphatic rings. The third kappa shape index (κ3) is 3.38. The first-order valence-corrected chi connectivity index (χ1v) is 12.0. The van der Waals surface area contributed by atoms with Crippen LogP contribution in [0.1, 0.15) is 85.0 Å². The molecule has 3 unspecified atom stereocenters. The van der Waals surface area contributed by atoms with Crippen molar-refractivity contribution in [3.63, 3.8) is 0 Å². The molecule has 0 aromatic rings. The minimum Gasteiger partial charge on any atom is -0.469 e. The summed E-state index contributed by atoms with van der Waals surface area (Å²) in [5.41, 5.74) is 0.392. The van der Waals surface area contributed by atoms with Crippen LogP contribution in [0.3, 0.4) is 0 Å². The number of esters is 1. The molecule has 0 saturated heterocycles. The third-order valence-electron chi connectivity index (χ3n) is 10.2. The fourth-order valence-corrected chi connectivity index (χ4v) is 8.64. The lowest BCUT2D eigenvalue weighted by atomic mass is 9.44. The molecule has 0 aromatic heterocycles. The summed E-state index contributed by atoms with van der Waals surface area (Å²) in [5.74, 6) is 3.37. The topological polar surface area (TPSA) is 63.6 Å². The van der Waals surface area contributed by atoms with Gasteiger partial charge in [-0.2, -0.15) is 0 Å². The molecule has 4 rings (SSSR count). The molecular weight excluding hydrogens is 364 g/mol. The van der Waals surface area contributed by atoms with Gasteiger partial charge in [-0.3, -0.25) is 9.59 Å². The number of fused-ring (bicyclic) bond motifs is 5. The summed E-state index contributed by atoms with van der Waals surface area (Å²) in [6, 6.07) is 0. The van der Waals surface area contributed by atoms with Crippen molar-refractivity contribution in [2.75, 3.05) is 7.11 Å². The van der Waals surface area contributed by atoms with E-state index in [-0.39, 0.29) is 23.4 Å². The Hall–Kier alpha value is -0.900. The monoisotopic (exact) mass is 404 g/mol. The van der Waals surface area contributed by atoms with Crippen LogP contribution in [0.15, 0.2) is 0 Å². The van der Waals surface area contributed by atoms with E-state index in [1.807, 2.05) is 0 Å². The number of methoxy groups -OCH3 is 1. The van der Waals surface area contributed by atoms with Crippen molar-refractivity contribution >= 4 is 11.8 Å². The molecule has 4 nitrogen and oxygen atoms in total. The van der Waals surface area contributed by atoms with Crippen molar-refractivity contribution in [1.29, 1.82) is 0 Å². The summed E-state index contributed by atoms with van der Waals surface area (Å²) < 4.78 is 4.85. The summed E-state index contributed by atoms with van der Waals surface area (Å²) in [6.45, 7) is 7.18. The Balaban J connectivity index is 1.52. The Kier molecular flexibility index (Phi) is 5.63. The van der Waals surface area contributed by atoms with E-state index in [0.717, 1.165) is 25.7 Å². The van der Waals surface area contributed by atoms with Gasteiger partial charge in [-0.25, -0.2) is 0 Å². The highest BCUT2D eigenvalue weighted by molar-refractivity contribution is 5.83. The number of carbonyl (C=O) groups excluding carboxylic acids is 2. The minimum atomic E-state index is -0.283. The van der Waals surface area contributed by atoms with E-state index in [0.29, 0.717) is 53.6 Å². The normalized spacial score (nSPS) is 47.7. The average Bonchev–Trinajstić information content (AvgIpc) is 3.05. The van der Waals surface area contributed by atoms with E-state index in [9.17, 15) is 14.7 Å². The van der Waals surface area contributed by atoms with E-state index in [2.05, 4.69) is 20.8 Å². The molecule has 0 bridgehead atoms. The molecule has 4 aliphatic carbocycles. The van der Waals surface area contributed by atoms with E-state index in [1.54, 1.807) is 0 Å². The zero-order valence-electron chi connectivity index (χ0n) is 18.8. The number of rotatable bonds is 4. The van der Waals surface area contributed by atoms with Crippen molar-refractivity contribution in [1.82, 2.24) is 0 Å². The van der Waals surface area contributed by atoms with E-state index in [1.165, 1.54) is 32.8 Å². The molecule has 0 aliphatic heterocycles. The molecule has 0 spiro atoms. The van der Waals surface area contributed by atoms with Crippen LogP contribution in [0.5, 0.6) is 0 Å². The largest absolute Gasteiger partial charge is 0.469 e. The summed E-state index contributed by atoms with van der Waals surface area (Å²) >= 11 is 0. The second-order valence-electron chi connectivity index (χ2n) is 11.4. The zero-order valence-corrected chi connectivity index (χ0v) is 18.8. The van der Waals surface area contributed by atoms with Crippen LogP contribution >= 0.6 is 0 Å². The maximum atomic E-state index is 13.2. The van der Waals surface area contributed by atoms with Gasteiger partial charge in [0.05, 0.1) is 13.2 Å². The van der Waals surface area contributed by atoms with Gasteiger partial charge < -0.3 is 9.84 Å². The highest BCUT2D eigenvalue weighted by Gasteiger charge is 2.62. The fraction of sp³-hybridized carbons (Fsp3) is 0.920. The first kappa shape index (κ1) is 21.3. The van der Waals surface area contributed by atoms with Crippen molar-refractivity contribution in [2.24, 2.45) is 46.3 Å². The molecule has 4 fully saturated rings.